The van der Waals surface area contributed by atoms with Crippen LogP contribution in [-0.4, -0.2) is 38.9 Å². The Hall–Kier alpha value is -2.84. The monoisotopic (exact) mass is 392 g/mol. The molecule has 0 aliphatic carbocycles. The highest BCUT2D eigenvalue weighted by Gasteiger charge is 2.31. The van der Waals surface area contributed by atoms with E-state index < -0.39 is 11.9 Å². The Morgan fingerprint density at radius 3 is 2.38 bits per heavy atom. The van der Waals surface area contributed by atoms with Crippen LogP contribution in [0.15, 0.2) is 48.5 Å². The van der Waals surface area contributed by atoms with Gasteiger partial charge in [0.2, 0.25) is 0 Å². The van der Waals surface area contributed by atoms with E-state index in [4.69, 9.17) is 9.47 Å². The molecule has 0 spiro atoms. The number of hydrogen-bond donors (Lipinski definition) is 0. The summed E-state index contributed by atoms with van der Waals surface area (Å²) in [5, 5.41) is 9.73. The molecule has 1 fully saturated rings. The number of morpholine rings is 1. The van der Waals surface area contributed by atoms with Crippen molar-refractivity contribution < 1.29 is 14.3 Å². The van der Waals surface area contributed by atoms with E-state index in [1.54, 1.807) is 6.92 Å². The number of nitriles is 1. The molecule has 2 unspecified atom stereocenters. The number of nitrogens with zero attached hydrogens (tertiary/aromatic N) is 2. The van der Waals surface area contributed by atoms with Crippen LogP contribution in [0, 0.1) is 24.2 Å². The number of benzene rings is 2. The zero-order valence-electron chi connectivity index (χ0n) is 17.1. The van der Waals surface area contributed by atoms with Gasteiger partial charge >= 0.3 is 5.97 Å². The molecule has 29 heavy (non-hydrogen) atoms. The molecule has 5 nitrogen and oxygen atoms in total. The fourth-order valence-electron chi connectivity index (χ4n) is 3.70. The minimum atomic E-state index is -0.837. The van der Waals surface area contributed by atoms with Crippen LogP contribution in [0.2, 0.25) is 0 Å². The first-order valence-corrected chi connectivity index (χ1v) is 10.2. The third kappa shape index (κ3) is 5.36. The summed E-state index contributed by atoms with van der Waals surface area (Å²) in [5.41, 5.74) is 4.39. The third-order valence-corrected chi connectivity index (χ3v) is 5.36. The van der Waals surface area contributed by atoms with Gasteiger partial charge in [0, 0.05) is 24.7 Å². The molecule has 1 heterocycles. The number of rotatable bonds is 7. The van der Waals surface area contributed by atoms with Crippen LogP contribution in [0.4, 0.5) is 5.69 Å². The van der Waals surface area contributed by atoms with Crippen molar-refractivity contribution in [3.8, 4) is 6.07 Å². The molecule has 0 amide bonds. The van der Waals surface area contributed by atoms with Crippen molar-refractivity contribution in [1.82, 2.24) is 0 Å². The molecular formula is C24H28N2O3. The molecule has 1 aliphatic rings. The molecule has 1 saturated heterocycles. The Balaban J connectivity index is 1.83. The number of anilines is 1. The van der Waals surface area contributed by atoms with Gasteiger partial charge in [0.25, 0.3) is 0 Å². The molecule has 0 aromatic heterocycles. The first-order valence-electron chi connectivity index (χ1n) is 10.2. The smallest absolute Gasteiger partial charge is 0.323 e. The molecule has 2 aromatic rings. The summed E-state index contributed by atoms with van der Waals surface area (Å²) in [6, 6.07) is 18.6. The maximum Gasteiger partial charge on any atom is 0.323 e. The average molecular weight is 392 g/mol. The lowest BCUT2D eigenvalue weighted by molar-refractivity contribution is -0.146. The molecule has 0 saturated carbocycles. The average Bonchev–Trinajstić information content (AvgIpc) is 2.75. The van der Waals surface area contributed by atoms with Gasteiger partial charge in [-0.2, -0.15) is 5.26 Å². The van der Waals surface area contributed by atoms with E-state index in [1.807, 2.05) is 31.2 Å². The van der Waals surface area contributed by atoms with Gasteiger partial charge in [-0.3, -0.25) is 4.79 Å². The fourth-order valence-corrected chi connectivity index (χ4v) is 3.70. The zero-order valence-corrected chi connectivity index (χ0v) is 17.1. The number of aryl methyl sites for hydroxylation is 1. The maximum atomic E-state index is 12.4. The molecule has 1 aliphatic heterocycles. The number of carbonyl (C=O) groups is 1. The van der Waals surface area contributed by atoms with Crippen molar-refractivity contribution in [2.24, 2.45) is 5.92 Å². The molecule has 0 N–H and O–H groups in total. The molecule has 0 radical (unpaired) electrons. The highest BCUT2D eigenvalue weighted by Crippen LogP contribution is 2.31. The standard InChI is InChI=1S/C24H28N2O3/c1-3-29-24(27)23(17-25)22(20-8-4-18(2)5-9-20)16-19-6-10-21(11-7-19)26-12-14-28-15-13-26/h4-11,22-23H,3,12-16H2,1-2H3. The largest absolute Gasteiger partial charge is 0.465 e. The third-order valence-electron chi connectivity index (χ3n) is 5.36. The first kappa shape index (κ1) is 20.9. The van der Waals surface area contributed by atoms with Gasteiger partial charge in [-0.1, -0.05) is 42.0 Å². The van der Waals surface area contributed by atoms with E-state index in [1.165, 1.54) is 5.69 Å². The highest BCUT2D eigenvalue weighted by atomic mass is 16.5. The van der Waals surface area contributed by atoms with Crippen LogP contribution >= 0.6 is 0 Å². The second kappa shape index (κ2) is 10.1. The van der Waals surface area contributed by atoms with E-state index in [-0.39, 0.29) is 12.5 Å². The molecule has 2 atom stereocenters. The van der Waals surface area contributed by atoms with E-state index in [9.17, 15) is 10.1 Å². The van der Waals surface area contributed by atoms with Crippen LogP contribution in [0.1, 0.15) is 29.5 Å². The minimum absolute atomic E-state index is 0.256. The van der Waals surface area contributed by atoms with E-state index in [0.29, 0.717) is 6.42 Å². The van der Waals surface area contributed by atoms with Crippen LogP contribution < -0.4 is 4.90 Å². The van der Waals surface area contributed by atoms with E-state index in [2.05, 4.69) is 35.2 Å². The van der Waals surface area contributed by atoms with Crippen molar-refractivity contribution in [3.63, 3.8) is 0 Å². The summed E-state index contributed by atoms with van der Waals surface area (Å²) in [6.07, 6.45) is 0.601. The van der Waals surface area contributed by atoms with Gasteiger partial charge in [-0.05, 0) is 43.5 Å². The molecule has 3 rings (SSSR count). The van der Waals surface area contributed by atoms with Crippen LogP contribution in [0.3, 0.4) is 0 Å². The van der Waals surface area contributed by atoms with Gasteiger partial charge in [0.05, 0.1) is 25.9 Å². The number of ether oxygens (including phenoxy) is 2. The first-order chi connectivity index (χ1) is 14.1. The zero-order chi connectivity index (χ0) is 20.6. The predicted octanol–water partition coefficient (Wildman–Crippen LogP) is 3.86. The lowest BCUT2D eigenvalue weighted by Crippen LogP contribution is -2.36. The summed E-state index contributed by atoms with van der Waals surface area (Å²) in [7, 11) is 0. The second-order valence-corrected chi connectivity index (χ2v) is 7.35. The van der Waals surface area contributed by atoms with Gasteiger partial charge in [0.1, 0.15) is 0 Å². The predicted molar refractivity (Wildman–Crippen MR) is 113 cm³/mol. The minimum Gasteiger partial charge on any atom is -0.465 e. The molecule has 2 aromatic carbocycles. The van der Waals surface area contributed by atoms with Gasteiger partial charge < -0.3 is 14.4 Å². The summed E-state index contributed by atoms with van der Waals surface area (Å²) in [6.45, 7) is 7.34. The van der Waals surface area contributed by atoms with Gasteiger partial charge in [-0.15, -0.1) is 0 Å². The van der Waals surface area contributed by atoms with Gasteiger partial charge in [-0.25, -0.2) is 0 Å². The van der Waals surface area contributed by atoms with E-state index in [0.717, 1.165) is 43.0 Å². The second-order valence-electron chi connectivity index (χ2n) is 7.35. The molecular weight excluding hydrogens is 364 g/mol. The number of carbonyl (C=O) groups excluding carboxylic acids is 1. The lowest BCUT2D eigenvalue weighted by atomic mass is 9.82. The highest BCUT2D eigenvalue weighted by molar-refractivity contribution is 5.76. The Morgan fingerprint density at radius 2 is 1.79 bits per heavy atom. The Morgan fingerprint density at radius 1 is 1.14 bits per heavy atom. The van der Waals surface area contributed by atoms with Crippen LogP contribution in [0.5, 0.6) is 0 Å². The topological polar surface area (TPSA) is 62.6 Å². The molecule has 5 heteroatoms. The van der Waals surface area contributed by atoms with Crippen molar-refractivity contribution >= 4 is 11.7 Å². The Kier molecular flexibility index (Phi) is 7.26. The summed E-state index contributed by atoms with van der Waals surface area (Å²) in [4.78, 5) is 14.8. The fraction of sp³-hybridized carbons (Fsp3) is 0.417. The Labute approximate surface area is 172 Å². The normalized spacial score (nSPS) is 16.0. The quantitative estimate of drug-likeness (QED) is 0.670. The summed E-state index contributed by atoms with van der Waals surface area (Å²) >= 11 is 0. The summed E-state index contributed by atoms with van der Waals surface area (Å²) < 4.78 is 10.6. The summed E-state index contributed by atoms with van der Waals surface area (Å²) in [5.74, 6) is -1.55. The molecule has 0 bridgehead atoms. The lowest BCUT2D eigenvalue weighted by Gasteiger charge is -2.29. The number of esters is 1. The Bertz CT molecular complexity index is 834. The van der Waals surface area contributed by atoms with Crippen molar-refractivity contribution in [1.29, 1.82) is 5.26 Å². The van der Waals surface area contributed by atoms with Crippen molar-refractivity contribution in [3.05, 3.63) is 65.2 Å². The molecule has 152 valence electrons. The maximum absolute atomic E-state index is 12.4. The van der Waals surface area contributed by atoms with Crippen LogP contribution in [-0.2, 0) is 20.7 Å². The number of hydrogen-bond acceptors (Lipinski definition) is 5. The SMILES string of the molecule is CCOC(=O)C(C#N)C(Cc1ccc(N2CCOCC2)cc1)c1ccc(C)cc1. The van der Waals surface area contributed by atoms with E-state index >= 15 is 0 Å². The van der Waals surface area contributed by atoms with Gasteiger partial charge in [0.15, 0.2) is 5.92 Å². The van der Waals surface area contributed by atoms with Crippen molar-refractivity contribution in [2.75, 3.05) is 37.8 Å². The van der Waals surface area contributed by atoms with Crippen LogP contribution in [0.25, 0.3) is 0 Å². The van der Waals surface area contributed by atoms with Crippen molar-refractivity contribution in [2.45, 2.75) is 26.2 Å².